The van der Waals surface area contributed by atoms with Gasteiger partial charge in [-0.1, -0.05) is 12.1 Å². The van der Waals surface area contributed by atoms with E-state index in [0.29, 0.717) is 11.3 Å². The first-order valence-electron chi connectivity index (χ1n) is 6.24. The van der Waals surface area contributed by atoms with E-state index < -0.39 is 0 Å². The van der Waals surface area contributed by atoms with Gasteiger partial charge in [0.05, 0.1) is 17.4 Å². The van der Waals surface area contributed by atoms with Gasteiger partial charge in [-0.05, 0) is 26.0 Å². The molecule has 1 amide bonds. The Hall–Kier alpha value is -2.30. The summed E-state index contributed by atoms with van der Waals surface area (Å²) in [5.74, 6) is -0.145. The van der Waals surface area contributed by atoms with Crippen molar-refractivity contribution in [3.63, 3.8) is 0 Å². The Morgan fingerprint density at radius 1 is 1.32 bits per heavy atom. The third-order valence-electron chi connectivity index (χ3n) is 2.83. The van der Waals surface area contributed by atoms with Crippen LogP contribution in [0.1, 0.15) is 30.2 Å². The first kappa shape index (κ1) is 13.1. The second kappa shape index (κ2) is 5.56. The standard InChI is InChI=1S/C14H18N4O/c1-10(2)18-9-11(8-16-18)17-14(19)12-6-4-5-7-13(12)15-3/h4-10,15H,1-3H3,(H,17,19). The summed E-state index contributed by atoms with van der Waals surface area (Å²) in [5, 5.41) is 10.0. The second-order valence-corrected chi connectivity index (χ2v) is 4.55. The van der Waals surface area contributed by atoms with Crippen molar-refractivity contribution in [3.8, 4) is 0 Å². The van der Waals surface area contributed by atoms with Crippen molar-refractivity contribution in [2.45, 2.75) is 19.9 Å². The van der Waals surface area contributed by atoms with Crippen LogP contribution in [0.2, 0.25) is 0 Å². The number of carbonyl (C=O) groups is 1. The van der Waals surface area contributed by atoms with Crippen LogP contribution in [-0.4, -0.2) is 22.7 Å². The van der Waals surface area contributed by atoms with Gasteiger partial charge in [0.2, 0.25) is 0 Å². The first-order chi connectivity index (χ1) is 9.11. The van der Waals surface area contributed by atoms with Gasteiger partial charge >= 0.3 is 0 Å². The highest BCUT2D eigenvalue weighted by molar-refractivity contribution is 6.07. The molecule has 0 aliphatic rings. The van der Waals surface area contributed by atoms with Crippen LogP contribution in [0.5, 0.6) is 0 Å². The molecule has 1 aromatic heterocycles. The number of hydrogen-bond donors (Lipinski definition) is 2. The summed E-state index contributed by atoms with van der Waals surface area (Å²) in [6, 6.07) is 7.66. The van der Waals surface area contributed by atoms with E-state index in [9.17, 15) is 4.79 Å². The summed E-state index contributed by atoms with van der Waals surface area (Å²) >= 11 is 0. The molecule has 0 spiro atoms. The third kappa shape index (κ3) is 2.93. The Kier molecular flexibility index (Phi) is 3.85. The van der Waals surface area contributed by atoms with Gasteiger partial charge < -0.3 is 10.6 Å². The molecule has 0 aliphatic heterocycles. The zero-order chi connectivity index (χ0) is 13.8. The topological polar surface area (TPSA) is 59.0 Å². The van der Waals surface area contributed by atoms with E-state index in [-0.39, 0.29) is 11.9 Å². The Morgan fingerprint density at radius 3 is 2.68 bits per heavy atom. The minimum absolute atomic E-state index is 0.145. The SMILES string of the molecule is CNc1ccccc1C(=O)Nc1cnn(C(C)C)c1. The molecule has 0 saturated carbocycles. The Balaban J connectivity index is 2.16. The number of rotatable bonds is 4. The van der Waals surface area contributed by atoms with Crippen LogP contribution in [0, 0.1) is 0 Å². The normalized spacial score (nSPS) is 10.5. The molecule has 0 unspecified atom stereocenters. The van der Waals surface area contributed by atoms with E-state index in [1.54, 1.807) is 24.0 Å². The van der Waals surface area contributed by atoms with Crippen LogP contribution in [0.3, 0.4) is 0 Å². The largest absolute Gasteiger partial charge is 0.387 e. The van der Waals surface area contributed by atoms with Gasteiger partial charge in [0.15, 0.2) is 0 Å². The molecule has 0 saturated heterocycles. The fourth-order valence-corrected chi connectivity index (χ4v) is 1.78. The minimum Gasteiger partial charge on any atom is -0.387 e. The van der Waals surface area contributed by atoms with E-state index in [2.05, 4.69) is 15.7 Å². The molecule has 1 heterocycles. The van der Waals surface area contributed by atoms with Crippen molar-refractivity contribution in [2.75, 3.05) is 17.7 Å². The Bertz CT molecular complexity index is 574. The fourth-order valence-electron chi connectivity index (χ4n) is 1.78. The lowest BCUT2D eigenvalue weighted by Gasteiger charge is -2.08. The smallest absolute Gasteiger partial charge is 0.257 e. The maximum absolute atomic E-state index is 12.2. The van der Waals surface area contributed by atoms with E-state index in [0.717, 1.165) is 5.69 Å². The van der Waals surface area contributed by atoms with Crippen LogP contribution in [0.4, 0.5) is 11.4 Å². The predicted molar refractivity (Wildman–Crippen MR) is 76.6 cm³/mol. The van der Waals surface area contributed by atoms with Gasteiger partial charge in [0.25, 0.3) is 5.91 Å². The van der Waals surface area contributed by atoms with E-state index >= 15 is 0 Å². The van der Waals surface area contributed by atoms with E-state index in [1.807, 2.05) is 38.2 Å². The molecule has 2 N–H and O–H groups in total. The molecule has 2 rings (SSSR count). The molecule has 0 bridgehead atoms. The summed E-state index contributed by atoms with van der Waals surface area (Å²) in [6.45, 7) is 4.07. The quantitative estimate of drug-likeness (QED) is 0.886. The number of carbonyl (C=O) groups excluding carboxylic acids is 1. The molecule has 100 valence electrons. The summed E-state index contributed by atoms with van der Waals surface area (Å²) in [5.41, 5.74) is 2.11. The number of hydrogen-bond acceptors (Lipinski definition) is 3. The summed E-state index contributed by atoms with van der Waals surface area (Å²) in [6.07, 6.45) is 3.48. The highest BCUT2D eigenvalue weighted by atomic mass is 16.1. The highest BCUT2D eigenvalue weighted by Gasteiger charge is 2.11. The van der Waals surface area contributed by atoms with Crippen molar-refractivity contribution >= 4 is 17.3 Å². The Labute approximate surface area is 112 Å². The average Bonchev–Trinajstić information content (AvgIpc) is 2.87. The number of aromatic nitrogens is 2. The van der Waals surface area contributed by atoms with Crippen LogP contribution in [0.25, 0.3) is 0 Å². The lowest BCUT2D eigenvalue weighted by Crippen LogP contribution is -2.13. The van der Waals surface area contributed by atoms with E-state index in [4.69, 9.17) is 0 Å². The van der Waals surface area contributed by atoms with Crippen molar-refractivity contribution < 1.29 is 4.79 Å². The number of nitrogens with zero attached hydrogens (tertiary/aromatic N) is 2. The summed E-state index contributed by atoms with van der Waals surface area (Å²) in [7, 11) is 1.79. The molecule has 0 fully saturated rings. The third-order valence-corrected chi connectivity index (χ3v) is 2.83. The number of nitrogens with one attached hydrogen (secondary N) is 2. The molecule has 5 nitrogen and oxygen atoms in total. The van der Waals surface area contributed by atoms with Gasteiger partial charge in [0, 0.05) is 25.0 Å². The first-order valence-corrected chi connectivity index (χ1v) is 6.24. The zero-order valence-corrected chi connectivity index (χ0v) is 11.3. The molecular weight excluding hydrogens is 240 g/mol. The molecule has 0 atom stereocenters. The zero-order valence-electron chi connectivity index (χ0n) is 11.3. The molecule has 0 aliphatic carbocycles. The number of para-hydroxylation sites is 1. The summed E-state index contributed by atoms with van der Waals surface area (Å²) in [4.78, 5) is 12.2. The minimum atomic E-state index is -0.145. The number of benzene rings is 1. The van der Waals surface area contributed by atoms with Crippen molar-refractivity contribution in [2.24, 2.45) is 0 Å². The fraction of sp³-hybridized carbons (Fsp3) is 0.286. The maximum atomic E-state index is 12.2. The molecule has 2 aromatic rings. The molecule has 19 heavy (non-hydrogen) atoms. The van der Waals surface area contributed by atoms with Crippen LogP contribution >= 0.6 is 0 Å². The molecule has 0 radical (unpaired) electrons. The monoisotopic (exact) mass is 258 g/mol. The molecule has 1 aromatic carbocycles. The van der Waals surface area contributed by atoms with Crippen LogP contribution in [-0.2, 0) is 0 Å². The highest BCUT2D eigenvalue weighted by Crippen LogP contribution is 2.17. The number of anilines is 2. The van der Waals surface area contributed by atoms with Crippen molar-refractivity contribution in [3.05, 3.63) is 42.2 Å². The molecule has 5 heteroatoms. The second-order valence-electron chi connectivity index (χ2n) is 4.55. The van der Waals surface area contributed by atoms with Gasteiger partial charge in [-0.25, -0.2) is 0 Å². The Morgan fingerprint density at radius 2 is 2.05 bits per heavy atom. The summed E-state index contributed by atoms with van der Waals surface area (Å²) < 4.78 is 1.81. The average molecular weight is 258 g/mol. The van der Waals surface area contributed by atoms with Gasteiger partial charge in [-0.2, -0.15) is 5.10 Å². The molecular formula is C14H18N4O. The van der Waals surface area contributed by atoms with Gasteiger partial charge in [-0.15, -0.1) is 0 Å². The van der Waals surface area contributed by atoms with E-state index in [1.165, 1.54) is 0 Å². The van der Waals surface area contributed by atoms with Crippen LogP contribution < -0.4 is 10.6 Å². The lowest BCUT2D eigenvalue weighted by molar-refractivity contribution is 0.102. The maximum Gasteiger partial charge on any atom is 0.257 e. The van der Waals surface area contributed by atoms with Crippen LogP contribution in [0.15, 0.2) is 36.7 Å². The lowest BCUT2D eigenvalue weighted by atomic mass is 10.1. The number of amides is 1. The predicted octanol–water partition coefficient (Wildman–Crippen LogP) is 2.76. The van der Waals surface area contributed by atoms with Gasteiger partial charge in [0.1, 0.15) is 0 Å². The van der Waals surface area contributed by atoms with Crippen molar-refractivity contribution in [1.29, 1.82) is 0 Å². The van der Waals surface area contributed by atoms with Crippen molar-refractivity contribution in [1.82, 2.24) is 9.78 Å². The van der Waals surface area contributed by atoms with Gasteiger partial charge in [-0.3, -0.25) is 9.48 Å².